The van der Waals surface area contributed by atoms with Crippen LogP contribution in [0.25, 0.3) is 0 Å². The fourth-order valence-corrected chi connectivity index (χ4v) is 1.68. The molecular weight excluding hydrogens is 218 g/mol. The summed E-state index contributed by atoms with van der Waals surface area (Å²) in [5.41, 5.74) is 1.11. The summed E-state index contributed by atoms with van der Waals surface area (Å²) in [5.74, 6) is -0.250. The maximum absolute atomic E-state index is 10.8. The minimum atomic E-state index is -0.852. The van der Waals surface area contributed by atoms with Crippen LogP contribution in [0.4, 0.5) is 5.69 Å². The lowest BCUT2D eigenvalue weighted by atomic mass is 10.3. The van der Waals surface area contributed by atoms with E-state index >= 15 is 0 Å². The molecule has 0 aromatic carbocycles. The molecule has 0 amide bonds. The third kappa shape index (κ3) is 3.18. The van der Waals surface area contributed by atoms with Crippen molar-refractivity contribution in [1.82, 2.24) is 4.98 Å². The molecule has 1 aromatic heterocycles. The molecule has 1 aromatic rings. The fraction of sp³-hybridized carbons (Fsp3) is 0.417. The van der Waals surface area contributed by atoms with Gasteiger partial charge in [-0.25, -0.2) is 4.98 Å². The van der Waals surface area contributed by atoms with Crippen LogP contribution in [0.1, 0.15) is 18.5 Å². The lowest BCUT2D eigenvalue weighted by molar-refractivity contribution is -0.135. The Balaban J connectivity index is 2.11. The number of rotatable bonds is 5. The molecule has 0 atom stereocenters. The van der Waals surface area contributed by atoms with Crippen molar-refractivity contribution in [3.8, 4) is 6.07 Å². The van der Waals surface area contributed by atoms with Crippen LogP contribution in [0.5, 0.6) is 0 Å². The number of nitrogens with zero attached hydrogens (tertiary/aromatic N) is 3. The first-order valence-corrected chi connectivity index (χ1v) is 5.52. The average molecular weight is 231 g/mol. The molecule has 1 N–H and O–H groups in total. The highest BCUT2D eigenvalue weighted by Gasteiger charge is 2.25. The summed E-state index contributed by atoms with van der Waals surface area (Å²) in [5, 5.41) is 17.5. The molecule has 5 nitrogen and oxygen atoms in total. The molecule has 0 saturated heterocycles. The Morgan fingerprint density at radius 1 is 1.59 bits per heavy atom. The molecule has 0 bridgehead atoms. The first kappa shape index (κ1) is 11.4. The van der Waals surface area contributed by atoms with E-state index < -0.39 is 5.97 Å². The summed E-state index contributed by atoms with van der Waals surface area (Å²) in [6.45, 7) is 0.726. The predicted molar refractivity (Wildman–Crippen MR) is 61.5 cm³/mol. The molecule has 1 heterocycles. The summed E-state index contributed by atoms with van der Waals surface area (Å²) in [6, 6.07) is 5.30. The minimum Gasteiger partial charge on any atom is -0.480 e. The highest BCUT2D eigenvalue weighted by atomic mass is 16.4. The standard InChI is InChI=1S/C12H13N3O2/c13-5-10-3-4-11(6-14-10)15(8-12(16)17)7-9-1-2-9/h3-4,6,9H,1-2,7-8H2,(H,16,17). The smallest absolute Gasteiger partial charge is 0.323 e. The van der Waals surface area contributed by atoms with E-state index in [2.05, 4.69) is 4.98 Å². The highest BCUT2D eigenvalue weighted by molar-refractivity contribution is 5.73. The van der Waals surface area contributed by atoms with Crippen molar-refractivity contribution in [1.29, 1.82) is 5.26 Å². The Morgan fingerprint density at radius 3 is 2.82 bits per heavy atom. The van der Waals surface area contributed by atoms with Gasteiger partial charge in [-0.1, -0.05) is 0 Å². The van der Waals surface area contributed by atoms with Gasteiger partial charge in [0.05, 0.1) is 11.9 Å². The Labute approximate surface area is 99.3 Å². The maximum atomic E-state index is 10.8. The van der Waals surface area contributed by atoms with Gasteiger partial charge in [0, 0.05) is 6.54 Å². The van der Waals surface area contributed by atoms with E-state index in [9.17, 15) is 4.79 Å². The second-order valence-corrected chi connectivity index (χ2v) is 4.23. The van der Waals surface area contributed by atoms with Crippen molar-refractivity contribution in [2.45, 2.75) is 12.8 Å². The number of carbonyl (C=O) groups is 1. The lowest BCUT2D eigenvalue weighted by Gasteiger charge is -2.22. The lowest BCUT2D eigenvalue weighted by Crippen LogP contribution is -2.31. The van der Waals surface area contributed by atoms with Gasteiger partial charge < -0.3 is 10.0 Å². The highest BCUT2D eigenvalue weighted by Crippen LogP contribution is 2.31. The van der Waals surface area contributed by atoms with Crippen molar-refractivity contribution >= 4 is 11.7 Å². The Bertz CT molecular complexity index is 446. The van der Waals surface area contributed by atoms with E-state index in [1.165, 1.54) is 12.8 Å². The number of pyridine rings is 1. The molecular formula is C12H13N3O2. The van der Waals surface area contributed by atoms with Gasteiger partial charge in [-0.05, 0) is 30.9 Å². The zero-order valence-electron chi connectivity index (χ0n) is 9.33. The molecule has 88 valence electrons. The third-order valence-corrected chi connectivity index (χ3v) is 2.73. The number of aromatic nitrogens is 1. The topological polar surface area (TPSA) is 77.2 Å². The van der Waals surface area contributed by atoms with E-state index in [0.29, 0.717) is 11.6 Å². The van der Waals surface area contributed by atoms with Crippen molar-refractivity contribution in [3.05, 3.63) is 24.0 Å². The number of aliphatic carboxylic acids is 1. The van der Waals surface area contributed by atoms with Gasteiger partial charge in [0.1, 0.15) is 18.3 Å². The molecule has 1 aliphatic rings. The number of hydrogen-bond donors (Lipinski definition) is 1. The van der Waals surface area contributed by atoms with Gasteiger partial charge in [-0.3, -0.25) is 4.79 Å². The maximum Gasteiger partial charge on any atom is 0.323 e. The van der Waals surface area contributed by atoms with Crippen LogP contribution >= 0.6 is 0 Å². The van der Waals surface area contributed by atoms with Crippen molar-refractivity contribution in [2.24, 2.45) is 5.92 Å². The first-order chi connectivity index (χ1) is 8.19. The Morgan fingerprint density at radius 2 is 2.35 bits per heavy atom. The molecule has 1 saturated carbocycles. The largest absolute Gasteiger partial charge is 0.480 e. The summed E-state index contributed by atoms with van der Waals surface area (Å²) in [6.07, 6.45) is 3.89. The van der Waals surface area contributed by atoms with Gasteiger partial charge in [0.2, 0.25) is 0 Å². The van der Waals surface area contributed by atoms with Gasteiger partial charge in [0.15, 0.2) is 0 Å². The third-order valence-electron chi connectivity index (χ3n) is 2.73. The minimum absolute atomic E-state index is 0.0237. The first-order valence-electron chi connectivity index (χ1n) is 5.52. The molecule has 0 spiro atoms. The van der Waals surface area contributed by atoms with E-state index in [1.807, 2.05) is 6.07 Å². The van der Waals surface area contributed by atoms with Gasteiger partial charge in [-0.15, -0.1) is 0 Å². The summed E-state index contributed by atoms with van der Waals surface area (Å²) >= 11 is 0. The van der Waals surface area contributed by atoms with Crippen LogP contribution in [0, 0.1) is 17.2 Å². The molecule has 1 aliphatic carbocycles. The van der Waals surface area contributed by atoms with Crippen molar-refractivity contribution in [2.75, 3.05) is 18.0 Å². The average Bonchev–Trinajstić information content (AvgIpc) is 3.12. The van der Waals surface area contributed by atoms with Crippen LogP contribution < -0.4 is 4.90 Å². The summed E-state index contributed by atoms with van der Waals surface area (Å²) in [4.78, 5) is 16.6. The van der Waals surface area contributed by atoms with E-state index in [0.717, 1.165) is 12.2 Å². The second-order valence-electron chi connectivity index (χ2n) is 4.23. The number of hydrogen-bond acceptors (Lipinski definition) is 4. The predicted octanol–water partition coefficient (Wildman–Crippen LogP) is 1.25. The van der Waals surface area contributed by atoms with E-state index in [4.69, 9.17) is 10.4 Å². The van der Waals surface area contributed by atoms with E-state index in [-0.39, 0.29) is 6.54 Å². The fourth-order valence-electron chi connectivity index (χ4n) is 1.68. The molecule has 17 heavy (non-hydrogen) atoms. The van der Waals surface area contributed by atoms with Gasteiger partial charge >= 0.3 is 5.97 Å². The number of carboxylic acid groups (broad SMARTS) is 1. The normalized spacial score (nSPS) is 14.1. The van der Waals surface area contributed by atoms with Crippen LogP contribution in [0.3, 0.4) is 0 Å². The summed E-state index contributed by atoms with van der Waals surface area (Å²) < 4.78 is 0. The monoisotopic (exact) mass is 231 g/mol. The van der Waals surface area contributed by atoms with Gasteiger partial charge in [0.25, 0.3) is 0 Å². The van der Waals surface area contributed by atoms with Crippen molar-refractivity contribution in [3.63, 3.8) is 0 Å². The quantitative estimate of drug-likeness (QED) is 0.825. The van der Waals surface area contributed by atoms with Crippen LogP contribution in [0.2, 0.25) is 0 Å². The molecule has 0 unspecified atom stereocenters. The second kappa shape index (κ2) is 4.83. The number of nitriles is 1. The van der Waals surface area contributed by atoms with Crippen LogP contribution in [-0.4, -0.2) is 29.1 Å². The van der Waals surface area contributed by atoms with Gasteiger partial charge in [-0.2, -0.15) is 5.26 Å². The van der Waals surface area contributed by atoms with Crippen molar-refractivity contribution < 1.29 is 9.90 Å². The zero-order chi connectivity index (χ0) is 12.3. The number of anilines is 1. The molecule has 0 aliphatic heterocycles. The Hall–Kier alpha value is -2.09. The summed E-state index contributed by atoms with van der Waals surface area (Å²) in [7, 11) is 0. The molecule has 0 radical (unpaired) electrons. The zero-order valence-corrected chi connectivity index (χ0v) is 9.33. The molecule has 2 rings (SSSR count). The number of carboxylic acids is 1. The SMILES string of the molecule is N#Cc1ccc(N(CC(=O)O)CC2CC2)cn1. The van der Waals surface area contributed by atoms with E-state index in [1.54, 1.807) is 23.2 Å². The van der Waals surface area contributed by atoms with Crippen LogP contribution in [0.15, 0.2) is 18.3 Å². The molecule has 1 fully saturated rings. The molecule has 5 heteroatoms. The van der Waals surface area contributed by atoms with Crippen LogP contribution in [-0.2, 0) is 4.79 Å². The Kier molecular flexibility index (Phi) is 3.24.